The molecule has 0 amide bonds. The van der Waals surface area contributed by atoms with E-state index in [1.807, 2.05) is 0 Å². The normalized spacial score (nSPS) is 34.8. The SMILES string of the molecule is COC1=CC2OC2(CC(=O)O)C=C1. The summed E-state index contributed by atoms with van der Waals surface area (Å²) in [6.07, 6.45) is 5.19. The van der Waals surface area contributed by atoms with Gasteiger partial charge >= 0.3 is 5.97 Å². The van der Waals surface area contributed by atoms with Gasteiger partial charge in [-0.2, -0.15) is 0 Å². The van der Waals surface area contributed by atoms with Crippen molar-refractivity contribution >= 4 is 5.97 Å². The maximum Gasteiger partial charge on any atom is 0.306 e. The van der Waals surface area contributed by atoms with Gasteiger partial charge in [0.25, 0.3) is 0 Å². The first-order valence-corrected chi connectivity index (χ1v) is 4.01. The van der Waals surface area contributed by atoms with Crippen LogP contribution in [0.4, 0.5) is 0 Å². The van der Waals surface area contributed by atoms with Crippen LogP contribution >= 0.6 is 0 Å². The van der Waals surface area contributed by atoms with Crippen LogP contribution < -0.4 is 0 Å². The van der Waals surface area contributed by atoms with Crippen LogP contribution in [-0.2, 0) is 14.3 Å². The van der Waals surface area contributed by atoms with Crippen LogP contribution in [0.5, 0.6) is 0 Å². The Balaban J connectivity index is 2.08. The number of carboxylic acids is 1. The number of carbonyl (C=O) groups is 1. The lowest BCUT2D eigenvalue weighted by Crippen LogP contribution is -2.18. The number of hydrogen-bond acceptors (Lipinski definition) is 3. The molecule has 13 heavy (non-hydrogen) atoms. The molecule has 0 spiro atoms. The van der Waals surface area contributed by atoms with E-state index in [9.17, 15) is 4.79 Å². The summed E-state index contributed by atoms with van der Waals surface area (Å²) in [5.41, 5.74) is -0.589. The summed E-state index contributed by atoms with van der Waals surface area (Å²) in [7, 11) is 1.57. The van der Waals surface area contributed by atoms with Crippen molar-refractivity contribution in [2.75, 3.05) is 7.11 Å². The van der Waals surface area contributed by atoms with Gasteiger partial charge in [-0.05, 0) is 18.2 Å². The van der Waals surface area contributed by atoms with Gasteiger partial charge in [0.05, 0.1) is 13.5 Å². The average molecular weight is 182 g/mol. The first kappa shape index (κ1) is 8.31. The molecule has 0 radical (unpaired) electrons. The maximum atomic E-state index is 10.5. The summed E-state index contributed by atoms with van der Waals surface area (Å²) in [6, 6.07) is 0. The van der Waals surface area contributed by atoms with Gasteiger partial charge in [-0.15, -0.1) is 0 Å². The third kappa shape index (κ3) is 1.33. The number of methoxy groups -OCH3 is 1. The predicted molar refractivity (Wildman–Crippen MR) is 44.1 cm³/mol. The molecular formula is C9H10O4. The van der Waals surface area contributed by atoms with E-state index in [4.69, 9.17) is 14.6 Å². The molecule has 2 rings (SSSR count). The number of fused-ring (bicyclic) bond motifs is 1. The number of ether oxygens (including phenoxy) is 2. The summed E-state index contributed by atoms with van der Waals surface area (Å²) in [6.45, 7) is 0. The maximum absolute atomic E-state index is 10.5. The third-order valence-corrected chi connectivity index (χ3v) is 2.28. The van der Waals surface area contributed by atoms with Gasteiger partial charge in [-0.3, -0.25) is 4.79 Å². The average Bonchev–Trinajstić information content (AvgIpc) is 2.75. The molecule has 0 aromatic carbocycles. The van der Waals surface area contributed by atoms with E-state index in [1.165, 1.54) is 0 Å². The molecular weight excluding hydrogens is 172 g/mol. The Kier molecular flexibility index (Phi) is 1.66. The standard InChI is InChI=1S/C9H10O4/c1-12-6-2-3-9(5-8(10)11)7(4-6)13-9/h2-4,7H,5H2,1H3,(H,10,11). The highest BCUT2D eigenvalue weighted by atomic mass is 16.6. The van der Waals surface area contributed by atoms with E-state index in [-0.39, 0.29) is 12.5 Å². The molecule has 1 saturated heterocycles. The largest absolute Gasteiger partial charge is 0.497 e. The Hall–Kier alpha value is -1.29. The second-order valence-corrected chi connectivity index (χ2v) is 3.17. The fourth-order valence-electron chi connectivity index (χ4n) is 1.51. The van der Waals surface area contributed by atoms with E-state index in [0.717, 1.165) is 5.76 Å². The monoisotopic (exact) mass is 182 g/mol. The molecule has 1 N–H and O–H groups in total. The quantitative estimate of drug-likeness (QED) is 0.652. The van der Waals surface area contributed by atoms with Crippen LogP contribution in [0.1, 0.15) is 6.42 Å². The van der Waals surface area contributed by atoms with Gasteiger partial charge < -0.3 is 14.6 Å². The molecule has 2 aliphatic rings. The van der Waals surface area contributed by atoms with E-state index >= 15 is 0 Å². The van der Waals surface area contributed by atoms with Gasteiger partial charge in [0.2, 0.25) is 0 Å². The lowest BCUT2D eigenvalue weighted by Gasteiger charge is -2.08. The molecule has 4 heteroatoms. The van der Waals surface area contributed by atoms with Crippen LogP contribution in [0, 0.1) is 0 Å². The second kappa shape index (κ2) is 2.60. The minimum Gasteiger partial charge on any atom is -0.497 e. The Morgan fingerprint density at radius 1 is 1.85 bits per heavy atom. The lowest BCUT2D eigenvalue weighted by molar-refractivity contribution is -0.137. The summed E-state index contributed by atoms with van der Waals surface area (Å²) < 4.78 is 10.3. The van der Waals surface area contributed by atoms with E-state index in [2.05, 4.69) is 0 Å². The highest BCUT2D eigenvalue weighted by molar-refractivity contribution is 5.70. The molecule has 1 aliphatic carbocycles. The van der Waals surface area contributed by atoms with Crippen molar-refractivity contribution in [2.24, 2.45) is 0 Å². The molecule has 1 aliphatic heterocycles. The zero-order valence-electron chi connectivity index (χ0n) is 7.19. The number of rotatable bonds is 3. The van der Waals surface area contributed by atoms with E-state index < -0.39 is 11.6 Å². The highest BCUT2D eigenvalue weighted by Crippen LogP contribution is 2.45. The zero-order valence-corrected chi connectivity index (χ0v) is 7.19. The van der Waals surface area contributed by atoms with Crippen molar-refractivity contribution in [2.45, 2.75) is 18.1 Å². The zero-order chi connectivity index (χ0) is 9.47. The molecule has 2 atom stereocenters. The number of epoxide rings is 1. The fourth-order valence-corrected chi connectivity index (χ4v) is 1.51. The number of carboxylic acid groups (broad SMARTS) is 1. The van der Waals surface area contributed by atoms with E-state index in [1.54, 1.807) is 25.3 Å². The Morgan fingerprint density at radius 2 is 2.62 bits per heavy atom. The first-order valence-electron chi connectivity index (χ1n) is 4.01. The summed E-state index contributed by atoms with van der Waals surface area (Å²) >= 11 is 0. The molecule has 4 nitrogen and oxygen atoms in total. The molecule has 0 bridgehead atoms. The van der Waals surface area contributed by atoms with Crippen molar-refractivity contribution in [3.8, 4) is 0 Å². The molecule has 2 unspecified atom stereocenters. The Labute approximate surface area is 75.5 Å². The number of hydrogen-bond donors (Lipinski definition) is 1. The van der Waals surface area contributed by atoms with Gasteiger partial charge in [0, 0.05) is 0 Å². The summed E-state index contributed by atoms with van der Waals surface area (Å²) in [5.74, 6) is -0.120. The minimum atomic E-state index is -0.846. The van der Waals surface area contributed by atoms with Crippen molar-refractivity contribution < 1.29 is 19.4 Å². The van der Waals surface area contributed by atoms with Crippen LogP contribution in [0.2, 0.25) is 0 Å². The van der Waals surface area contributed by atoms with Crippen molar-refractivity contribution in [3.05, 3.63) is 24.0 Å². The number of aliphatic carboxylic acids is 1. The van der Waals surface area contributed by atoms with Gasteiger partial charge in [-0.25, -0.2) is 0 Å². The molecule has 0 saturated carbocycles. The summed E-state index contributed by atoms with van der Waals surface area (Å²) in [5, 5.41) is 8.61. The van der Waals surface area contributed by atoms with E-state index in [0.29, 0.717) is 0 Å². The van der Waals surface area contributed by atoms with Gasteiger partial charge in [0.15, 0.2) is 0 Å². The van der Waals surface area contributed by atoms with Crippen LogP contribution in [0.25, 0.3) is 0 Å². The fraction of sp³-hybridized carbons (Fsp3) is 0.444. The van der Waals surface area contributed by atoms with Crippen molar-refractivity contribution in [1.82, 2.24) is 0 Å². The molecule has 1 fully saturated rings. The van der Waals surface area contributed by atoms with Crippen LogP contribution in [0.3, 0.4) is 0 Å². The smallest absolute Gasteiger partial charge is 0.306 e. The molecule has 0 aromatic heterocycles. The van der Waals surface area contributed by atoms with Crippen molar-refractivity contribution in [3.63, 3.8) is 0 Å². The lowest BCUT2D eigenvalue weighted by atomic mass is 9.96. The third-order valence-electron chi connectivity index (χ3n) is 2.28. The van der Waals surface area contributed by atoms with Gasteiger partial charge in [-0.1, -0.05) is 0 Å². The van der Waals surface area contributed by atoms with Gasteiger partial charge in [0.1, 0.15) is 17.5 Å². The van der Waals surface area contributed by atoms with Crippen LogP contribution in [-0.4, -0.2) is 29.9 Å². The minimum absolute atomic E-state index is 0.0155. The molecule has 0 aromatic rings. The first-order chi connectivity index (χ1) is 6.16. The summed E-state index contributed by atoms with van der Waals surface area (Å²) in [4.78, 5) is 10.5. The van der Waals surface area contributed by atoms with Crippen LogP contribution in [0.15, 0.2) is 24.0 Å². The molecule has 70 valence electrons. The van der Waals surface area contributed by atoms with Crippen molar-refractivity contribution in [1.29, 1.82) is 0 Å². The Morgan fingerprint density at radius 3 is 3.15 bits per heavy atom. The molecule has 1 heterocycles. The highest BCUT2D eigenvalue weighted by Gasteiger charge is 2.56. The number of allylic oxidation sites excluding steroid dienone is 1. The predicted octanol–water partition coefficient (Wildman–Crippen LogP) is 0.699. The Bertz CT molecular complexity index is 305. The second-order valence-electron chi connectivity index (χ2n) is 3.17. The topological polar surface area (TPSA) is 59.1 Å².